The van der Waals surface area contributed by atoms with E-state index in [9.17, 15) is 20.1 Å². The number of hydrogen-bond donors (Lipinski definition) is 3. The van der Waals surface area contributed by atoms with Gasteiger partial charge in [-0.15, -0.1) is 0 Å². The second kappa shape index (κ2) is 4.33. The van der Waals surface area contributed by atoms with Crippen LogP contribution in [0.2, 0.25) is 0 Å². The molecule has 0 aromatic heterocycles. The molecule has 0 bridgehead atoms. The Morgan fingerprint density at radius 3 is 2.35 bits per heavy atom. The van der Waals surface area contributed by atoms with Crippen LogP contribution in [0.25, 0.3) is 0 Å². The lowest BCUT2D eigenvalue weighted by atomic mass is 9.90. The molecule has 0 aliphatic carbocycles. The van der Waals surface area contributed by atoms with Crippen molar-refractivity contribution in [1.82, 2.24) is 0 Å². The Balaban J connectivity index is 2.09. The van der Waals surface area contributed by atoms with Gasteiger partial charge in [0.15, 0.2) is 6.10 Å². The molecule has 1 aliphatic rings. The van der Waals surface area contributed by atoms with Crippen molar-refractivity contribution in [3.63, 3.8) is 0 Å². The number of hydrogen-bond acceptors (Lipinski definition) is 5. The minimum Gasteiger partial charge on any atom is -0.508 e. The van der Waals surface area contributed by atoms with Crippen LogP contribution in [0.3, 0.4) is 0 Å². The first-order valence-corrected chi connectivity index (χ1v) is 6.04. The predicted octanol–water partition coefficient (Wildman–Crippen LogP) is 1.39. The predicted molar refractivity (Wildman–Crippen MR) is 69.4 cm³/mol. The van der Waals surface area contributed by atoms with Crippen LogP contribution >= 0.6 is 0 Å². The molecule has 20 heavy (non-hydrogen) atoms. The SMILES string of the molecule is O=C1c2ccccc2OC(c2ccc(O)cc2)C1(O)O. The van der Waals surface area contributed by atoms with Crippen LogP contribution in [0.15, 0.2) is 48.5 Å². The molecule has 1 atom stereocenters. The number of carbonyl (C=O) groups excluding carboxylic acids is 1. The summed E-state index contributed by atoms with van der Waals surface area (Å²) in [6.07, 6.45) is -1.24. The Morgan fingerprint density at radius 2 is 1.65 bits per heavy atom. The maximum absolute atomic E-state index is 12.2. The minimum absolute atomic E-state index is 0.0396. The molecule has 5 nitrogen and oxygen atoms in total. The Bertz CT molecular complexity index is 660. The lowest BCUT2D eigenvalue weighted by Crippen LogP contribution is -2.49. The molecular weight excluding hydrogens is 260 g/mol. The quantitative estimate of drug-likeness (QED) is 0.683. The van der Waals surface area contributed by atoms with E-state index in [0.29, 0.717) is 11.3 Å². The molecule has 102 valence electrons. The number of phenolic OH excluding ortho intramolecular Hbond substituents is 1. The normalized spacial score (nSPS) is 20.1. The fraction of sp³-hybridized carbons (Fsp3) is 0.133. The average Bonchev–Trinajstić information content (AvgIpc) is 2.44. The van der Waals surface area contributed by atoms with Crippen LogP contribution in [0, 0.1) is 0 Å². The Labute approximate surface area is 114 Å². The third kappa shape index (κ3) is 1.84. The van der Waals surface area contributed by atoms with Crippen LogP contribution in [0.5, 0.6) is 11.5 Å². The van der Waals surface area contributed by atoms with Gasteiger partial charge in [-0.25, -0.2) is 0 Å². The molecule has 2 aromatic rings. The van der Waals surface area contributed by atoms with E-state index in [4.69, 9.17) is 4.74 Å². The summed E-state index contributed by atoms with van der Waals surface area (Å²) in [5, 5.41) is 29.4. The highest BCUT2D eigenvalue weighted by Crippen LogP contribution is 2.39. The number of fused-ring (bicyclic) bond motifs is 1. The van der Waals surface area contributed by atoms with Crippen molar-refractivity contribution in [3.05, 3.63) is 59.7 Å². The van der Waals surface area contributed by atoms with Crippen LogP contribution < -0.4 is 4.74 Å². The standard InChI is InChI=1S/C15H12O5/c16-10-7-5-9(6-8-10)14-15(18,19)13(17)11-3-1-2-4-12(11)20-14/h1-8,14,16,18-19H. The van der Waals surface area contributed by atoms with Gasteiger partial charge in [-0.1, -0.05) is 24.3 Å². The molecule has 0 saturated heterocycles. The van der Waals surface area contributed by atoms with E-state index in [2.05, 4.69) is 0 Å². The molecule has 0 amide bonds. The fourth-order valence-corrected chi connectivity index (χ4v) is 2.23. The Morgan fingerprint density at radius 1 is 1.00 bits per heavy atom. The van der Waals surface area contributed by atoms with Crippen LogP contribution in [0.1, 0.15) is 22.0 Å². The summed E-state index contributed by atoms with van der Waals surface area (Å²) >= 11 is 0. The molecule has 3 N–H and O–H groups in total. The Kier molecular flexibility index (Phi) is 2.74. The molecule has 0 radical (unpaired) electrons. The van der Waals surface area contributed by atoms with E-state index in [1.807, 2.05) is 0 Å². The van der Waals surface area contributed by atoms with Crippen molar-refractivity contribution in [2.24, 2.45) is 0 Å². The summed E-state index contributed by atoms with van der Waals surface area (Å²) < 4.78 is 5.54. The van der Waals surface area contributed by atoms with Gasteiger partial charge in [-0.3, -0.25) is 4.79 Å². The van der Waals surface area contributed by atoms with Gasteiger partial charge < -0.3 is 20.1 Å². The second-order valence-electron chi connectivity index (χ2n) is 4.64. The summed E-state index contributed by atoms with van der Waals surface area (Å²) in [7, 11) is 0. The highest BCUT2D eigenvalue weighted by molar-refractivity contribution is 6.04. The Hall–Kier alpha value is -2.37. The topological polar surface area (TPSA) is 87.0 Å². The molecule has 1 unspecified atom stereocenters. The third-order valence-electron chi connectivity index (χ3n) is 3.27. The number of ketones is 1. The van der Waals surface area contributed by atoms with Crippen molar-refractivity contribution in [2.75, 3.05) is 0 Å². The lowest BCUT2D eigenvalue weighted by molar-refractivity contribution is -0.186. The zero-order valence-corrected chi connectivity index (χ0v) is 10.4. The largest absolute Gasteiger partial charge is 0.508 e. The van der Waals surface area contributed by atoms with Crippen LogP contribution in [0.4, 0.5) is 0 Å². The second-order valence-corrected chi connectivity index (χ2v) is 4.64. The zero-order valence-electron chi connectivity index (χ0n) is 10.4. The maximum atomic E-state index is 12.2. The van der Waals surface area contributed by atoms with Gasteiger partial charge in [-0.2, -0.15) is 0 Å². The van der Waals surface area contributed by atoms with E-state index in [0.717, 1.165) is 0 Å². The first kappa shape index (κ1) is 12.7. The number of aromatic hydroxyl groups is 1. The average molecular weight is 272 g/mol. The van der Waals surface area contributed by atoms with E-state index in [1.54, 1.807) is 18.2 Å². The lowest BCUT2D eigenvalue weighted by Gasteiger charge is -2.35. The van der Waals surface area contributed by atoms with Crippen LogP contribution in [-0.2, 0) is 0 Å². The summed E-state index contributed by atoms with van der Waals surface area (Å²) in [5.74, 6) is -3.12. The first-order valence-electron chi connectivity index (χ1n) is 6.04. The summed E-state index contributed by atoms with van der Waals surface area (Å²) in [6, 6.07) is 12.1. The number of carbonyl (C=O) groups is 1. The van der Waals surface area contributed by atoms with Gasteiger partial charge >= 0.3 is 0 Å². The molecule has 0 fully saturated rings. The van der Waals surface area contributed by atoms with Crippen LogP contribution in [-0.4, -0.2) is 26.9 Å². The van der Waals surface area contributed by atoms with Gasteiger partial charge in [0.1, 0.15) is 11.5 Å². The zero-order chi connectivity index (χ0) is 14.3. The van der Waals surface area contributed by atoms with E-state index < -0.39 is 17.7 Å². The minimum atomic E-state index is -2.65. The van der Waals surface area contributed by atoms with Gasteiger partial charge in [0.25, 0.3) is 5.79 Å². The van der Waals surface area contributed by atoms with Gasteiger partial charge in [0.2, 0.25) is 5.78 Å². The van der Waals surface area contributed by atoms with Crippen molar-refractivity contribution in [2.45, 2.75) is 11.9 Å². The maximum Gasteiger partial charge on any atom is 0.271 e. The molecule has 2 aromatic carbocycles. The van der Waals surface area contributed by atoms with E-state index in [-0.39, 0.29) is 11.3 Å². The fourth-order valence-electron chi connectivity index (χ4n) is 2.23. The summed E-state index contributed by atoms with van der Waals surface area (Å²) in [4.78, 5) is 12.2. The number of aliphatic hydroxyl groups is 2. The number of rotatable bonds is 1. The molecule has 0 saturated carbocycles. The molecule has 3 rings (SSSR count). The third-order valence-corrected chi connectivity index (χ3v) is 3.27. The highest BCUT2D eigenvalue weighted by Gasteiger charge is 2.49. The molecule has 1 heterocycles. The van der Waals surface area contributed by atoms with Crippen molar-refractivity contribution < 1.29 is 24.9 Å². The molecule has 1 aliphatic heterocycles. The van der Waals surface area contributed by atoms with Gasteiger partial charge in [0.05, 0.1) is 5.56 Å². The highest BCUT2D eigenvalue weighted by atomic mass is 16.6. The number of Topliss-reactive ketones (excluding diaryl/α,β-unsaturated/α-hetero) is 1. The number of phenols is 1. The molecule has 5 heteroatoms. The monoisotopic (exact) mass is 272 g/mol. The molecular formula is C15H12O5. The van der Waals surface area contributed by atoms with Gasteiger partial charge in [0, 0.05) is 0 Å². The van der Waals surface area contributed by atoms with E-state index >= 15 is 0 Å². The number of ether oxygens (including phenoxy) is 1. The summed E-state index contributed by atoms with van der Waals surface area (Å²) in [6.45, 7) is 0. The van der Waals surface area contributed by atoms with Crippen molar-refractivity contribution >= 4 is 5.78 Å². The van der Waals surface area contributed by atoms with E-state index in [1.165, 1.54) is 30.3 Å². The first-order chi connectivity index (χ1) is 9.50. The molecule has 0 spiro atoms. The smallest absolute Gasteiger partial charge is 0.271 e. The number of benzene rings is 2. The van der Waals surface area contributed by atoms with Crippen molar-refractivity contribution in [3.8, 4) is 11.5 Å². The van der Waals surface area contributed by atoms with Crippen molar-refractivity contribution in [1.29, 1.82) is 0 Å². The summed E-state index contributed by atoms with van der Waals surface area (Å²) in [5.41, 5.74) is 0.517. The number of para-hydroxylation sites is 1. The van der Waals surface area contributed by atoms with Gasteiger partial charge in [-0.05, 0) is 29.8 Å².